The van der Waals surface area contributed by atoms with Crippen LogP contribution in [-0.4, -0.2) is 9.38 Å². The summed E-state index contributed by atoms with van der Waals surface area (Å²) < 4.78 is 2.43. The van der Waals surface area contributed by atoms with Crippen LogP contribution in [0, 0.1) is 0 Å². The van der Waals surface area contributed by atoms with Gasteiger partial charge < -0.3 is 0 Å². The molecule has 0 fully saturated rings. The molecular weight excluding hydrogens is 424 g/mol. The Labute approximate surface area is 204 Å². The highest BCUT2D eigenvalue weighted by Gasteiger charge is 2.19. The highest BCUT2D eigenvalue weighted by molar-refractivity contribution is 6.23. The maximum absolute atomic E-state index is 5.06. The molecule has 0 saturated heterocycles. The van der Waals surface area contributed by atoms with Crippen molar-refractivity contribution in [3.63, 3.8) is 0 Å². The van der Waals surface area contributed by atoms with Crippen LogP contribution >= 0.6 is 0 Å². The first-order valence-corrected chi connectivity index (χ1v) is 12.5. The largest absolute Gasteiger partial charge is 0.291 e. The summed E-state index contributed by atoms with van der Waals surface area (Å²) in [6.45, 7) is 4.49. The SMILES string of the molecule is CCc1cccc(CC)c1-c1cnc2c3ccccc3c3ccc4c5ccccc5ccc4c3n12. The minimum Gasteiger partial charge on any atom is -0.291 e. The third-order valence-electron chi connectivity index (χ3n) is 7.60. The number of hydrogen-bond donors (Lipinski definition) is 0. The van der Waals surface area contributed by atoms with Gasteiger partial charge >= 0.3 is 0 Å². The smallest absolute Gasteiger partial charge is 0.145 e. The Hall–Kier alpha value is -4.17. The summed E-state index contributed by atoms with van der Waals surface area (Å²) in [6.07, 6.45) is 4.08. The summed E-state index contributed by atoms with van der Waals surface area (Å²) in [6, 6.07) is 33.3. The molecule has 2 aromatic heterocycles. The number of aromatic nitrogens is 2. The van der Waals surface area contributed by atoms with E-state index in [-0.39, 0.29) is 0 Å². The van der Waals surface area contributed by atoms with Crippen LogP contribution in [0.15, 0.2) is 97.2 Å². The van der Waals surface area contributed by atoms with E-state index in [4.69, 9.17) is 4.98 Å². The van der Waals surface area contributed by atoms with E-state index < -0.39 is 0 Å². The Bertz CT molecular complexity index is 1900. The second kappa shape index (κ2) is 7.68. The molecule has 0 saturated carbocycles. The lowest BCUT2D eigenvalue weighted by molar-refractivity contribution is 1.08. The number of aryl methyl sites for hydroxylation is 2. The van der Waals surface area contributed by atoms with E-state index >= 15 is 0 Å². The number of pyridine rings is 1. The topological polar surface area (TPSA) is 17.3 Å². The molecule has 35 heavy (non-hydrogen) atoms. The maximum atomic E-state index is 5.06. The lowest BCUT2D eigenvalue weighted by Crippen LogP contribution is -2.00. The van der Waals surface area contributed by atoms with Gasteiger partial charge in [0.15, 0.2) is 0 Å². The van der Waals surface area contributed by atoms with Gasteiger partial charge in [0.1, 0.15) is 5.65 Å². The highest BCUT2D eigenvalue weighted by Crippen LogP contribution is 2.39. The van der Waals surface area contributed by atoms with Gasteiger partial charge in [0.25, 0.3) is 0 Å². The number of rotatable bonds is 3. The van der Waals surface area contributed by atoms with E-state index in [0.717, 1.165) is 18.5 Å². The second-order valence-corrected chi connectivity index (χ2v) is 9.35. The zero-order valence-corrected chi connectivity index (χ0v) is 20.0. The van der Waals surface area contributed by atoms with Gasteiger partial charge in [-0.3, -0.25) is 4.40 Å². The summed E-state index contributed by atoms with van der Waals surface area (Å²) in [7, 11) is 0. The molecule has 2 heterocycles. The normalized spacial score (nSPS) is 11.9. The van der Waals surface area contributed by atoms with Crippen LogP contribution < -0.4 is 0 Å². The van der Waals surface area contributed by atoms with Crippen molar-refractivity contribution in [2.24, 2.45) is 0 Å². The fraction of sp³-hybridized carbons (Fsp3) is 0.121. The van der Waals surface area contributed by atoms with Crippen molar-refractivity contribution >= 4 is 48.9 Å². The zero-order valence-electron chi connectivity index (χ0n) is 20.0. The molecule has 0 amide bonds. The first-order chi connectivity index (χ1) is 17.3. The van der Waals surface area contributed by atoms with Gasteiger partial charge in [-0.15, -0.1) is 0 Å². The Morgan fingerprint density at radius 1 is 0.571 bits per heavy atom. The van der Waals surface area contributed by atoms with Gasteiger partial charge in [-0.2, -0.15) is 0 Å². The number of nitrogens with zero attached hydrogens (tertiary/aromatic N) is 2. The Kier molecular flexibility index (Phi) is 4.44. The molecule has 0 spiro atoms. The molecule has 0 radical (unpaired) electrons. The van der Waals surface area contributed by atoms with Gasteiger partial charge in [-0.1, -0.05) is 105 Å². The molecule has 0 unspecified atom stereocenters. The number of benzene rings is 5. The summed E-state index contributed by atoms with van der Waals surface area (Å²) in [5.41, 5.74) is 7.53. The molecule has 0 atom stereocenters. The van der Waals surface area contributed by atoms with Gasteiger partial charge in [0.05, 0.1) is 17.4 Å². The van der Waals surface area contributed by atoms with Gasteiger partial charge in [-0.25, -0.2) is 4.98 Å². The van der Waals surface area contributed by atoms with Gasteiger partial charge in [0, 0.05) is 21.7 Å². The van der Waals surface area contributed by atoms with Crippen molar-refractivity contribution in [3.8, 4) is 11.3 Å². The van der Waals surface area contributed by atoms with Crippen molar-refractivity contribution < 1.29 is 0 Å². The van der Waals surface area contributed by atoms with Crippen LogP contribution in [0.4, 0.5) is 0 Å². The highest BCUT2D eigenvalue weighted by atomic mass is 15.0. The standard InChI is InChI=1S/C33H26N2/c1-3-21-11-9-12-22(4-2)31(21)30-20-34-33-29-15-8-7-14-25(29)28-19-18-26-24-13-6-5-10-23(24)16-17-27(26)32(28)35(30)33/h5-20H,3-4H2,1-2H3. The maximum Gasteiger partial charge on any atom is 0.145 e. The van der Waals surface area contributed by atoms with Crippen LogP contribution in [-0.2, 0) is 12.8 Å². The van der Waals surface area contributed by atoms with E-state index in [1.807, 2.05) is 0 Å². The number of fused-ring (bicyclic) bond motifs is 10. The molecule has 5 aromatic carbocycles. The van der Waals surface area contributed by atoms with Crippen molar-refractivity contribution in [3.05, 3.63) is 108 Å². The molecule has 2 heteroatoms. The summed E-state index contributed by atoms with van der Waals surface area (Å²) >= 11 is 0. The molecule has 2 nitrogen and oxygen atoms in total. The first-order valence-electron chi connectivity index (χ1n) is 12.5. The van der Waals surface area contributed by atoms with Gasteiger partial charge in [-0.05, 0) is 45.5 Å². The minimum atomic E-state index is 0.993. The van der Waals surface area contributed by atoms with E-state index in [2.05, 4.69) is 115 Å². The number of imidazole rings is 1. The molecule has 0 bridgehead atoms. The molecule has 7 rings (SSSR count). The lowest BCUT2D eigenvalue weighted by Gasteiger charge is -2.17. The van der Waals surface area contributed by atoms with Crippen molar-refractivity contribution in [2.45, 2.75) is 26.7 Å². The van der Waals surface area contributed by atoms with E-state index in [1.54, 1.807) is 0 Å². The van der Waals surface area contributed by atoms with Crippen molar-refractivity contribution in [2.75, 3.05) is 0 Å². The fourth-order valence-electron chi connectivity index (χ4n) is 5.96. The van der Waals surface area contributed by atoms with E-state index in [1.165, 1.54) is 65.6 Å². The molecular formula is C33H26N2. The third-order valence-corrected chi connectivity index (χ3v) is 7.60. The second-order valence-electron chi connectivity index (χ2n) is 9.35. The lowest BCUT2D eigenvalue weighted by atomic mass is 9.94. The molecule has 0 N–H and O–H groups in total. The average molecular weight is 451 g/mol. The van der Waals surface area contributed by atoms with Crippen molar-refractivity contribution in [1.29, 1.82) is 0 Å². The van der Waals surface area contributed by atoms with Crippen molar-refractivity contribution in [1.82, 2.24) is 9.38 Å². The molecule has 0 aliphatic rings. The van der Waals surface area contributed by atoms with E-state index in [9.17, 15) is 0 Å². The minimum absolute atomic E-state index is 0.993. The fourth-order valence-corrected chi connectivity index (χ4v) is 5.96. The Morgan fingerprint density at radius 2 is 1.17 bits per heavy atom. The van der Waals surface area contributed by atoms with Crippen LogP contribution in [0.25, 0.3) is 60.1 Å². The van der Waals surface area contributed by atoms with Crippen LogP contribution in [0.1, 0.15) is 25.0 Å². The number of hydrogen-bond acceptors (Lipinski definition) is 1. The molecule has 7 aromatic rings. The zero-order chi connectivity index (χ0) is 23.5. The Balaban J connectivity index is 1.77. The monoisotopic (exact) mass is 450 g/mol. The first kappa shape index (κ1) is 20.2. The average Bonchev–Trinajstić information content (AvgIpc) is 3.37. The molecule has 168 valence electrons. The Morgan fingerprint density at radius 3 is 1.91 bits per heavy atom. The van der Waals surface area contributed by atoms with Crippen LogP contribution in [0.3, 0.4) is 0 Å². The summed E-state index contributed by atoms with van der Waals surface area (Å²) in [5, 5.41) is 8.82. The third kappa shape index (κ3) is 2.80. The van der Waals surface area contributed by atoms with Crippen LogP contribution in [0.5, 0.6) is 0 Å². The van der Waals surface area contributed by atoms with Crippen LogP contribution in [0.2, 0.25) is 0 Å². The van der Waals surface area contributed by atoms with E-state index in [0.29, 0.717) is 0 Å². The predicted molar refractivity (Wildman–Crippen MR) is 149 cm³/mol. The molecule has 0 aliphatic heterocycles. The summed E-state index contributed by atoms with van der Waals surface area (Å²) in [5.74, 6) is 0. The predicted octanol–water partition coefficient (Wildman–Crippen LogP) is 8.74. The quantitative estimate of drug-likeness (QED) is 0.246. The summed E-state index contributed by atoms with van der Waals surface area (Å²) in [4.78, 5) is 5.06. The van der Waals surface area contributed by atoms with Gasteiger partial charge in [0.2, 0.25) is 0 Å². The molecule has 0 aliphatic carbocycles.